The standard InChI is InChI=1S/C15H15ClN2O3S2/c1-2-7-18-12-8-23(20,21)9-13(12)22-15(18)17-14(19)10-3-5-11(16)6-4-10/h2-6,12-13H,1,7-9H2/t12-,13+/m0/s1. The van der Waals surface area contributed by atoms with E-state index in [1.54, 1.807) is 30.3 Å². The SMILES string of the molecule is C=CCN1C(=NC(=O)c2ccc(Cl)cc2)S[C@@H]2CS(=O)(=O)C[C@@H]21. The molecule has 2 fully saturated rings. The van der Waals surface area contributed by atoms with E-state index in [0.717, 1.165) is 0 Å². The van der Waals surface area contributed by atoms with E-state index in [1.807, 2.05) is 4.90 Å². The molecule has 1 aromatic carbocycles. The molecule has 0 aromatic heterocycles. The number of carbonyl (C=O) groups excluding carboxylic acids is 1. The predicted molar refractivity (Wildman–Crippen MR) is 93.9 cm³/mol. The Morgan fingerprint density at radius 2 is 2.09 bits per heavy atom. The molecule has 2 heterocycles. The van der Waals surface area contributed by atoms with Crippen LogP contribution >= 0.6 is 23.4 Å². The Morgan fingerprint density at radius 3 is 2.74 bits per heavy atom. The van der Waals surface area contributed by atoms with Crippen LogP contribution in [-0.2, 0) is 9.84 Å². The summed E-state index contributed by atoms with van der Waals surface area (Å²) in [7, 11) is -3.02. The highest BCUT2D eigenvalue weighted by Gasteiger charge is 2.48. The van der Waals surface area contributed by atoms with Crippen LogP contribution in [-0.4, -0.2) is 53.7 Å². The average molecular weight is 371 g/mol. The lowest BCUT2D eigenvalue weighted by Crippen LogP contribution is -2.37. The lowest BCUT2D eigenvalue weighted by Gasteiger charge is -2.22. The molecule has 0 radical (unpaired) electrons. The molecule has 8 heteroatoms. The summed E-state index contributed by atoms with van der Waals surface area (Å²) in [6.45, 7) is 4.17. The van der Waals surface area contributed by atoms with Gasteiger partial charge in [0, 0.05) is 22.4 Å². The van der Waals surface area contributed by atoms with Crippen molar-refractivity contribution in [2.45, 2.75) is 11.3 Å². The van der Waals surface area contributed by atoms with Gasteiger partial charge in [0.25, 0.3) is 5.91 Å². The summed E-state index contributed by atoms with van der Waals surface area (Å²) >= 11 is 7.17. The second kappa shape index (κ2) is 6.30. The summed E-state index contributed by atoms with van der Waals surface area (Å²) in [6, 6.07) is 6.38. The van der Waals surface area contributed by atoms with Gasteiger partial charge in [-0.05, 0) is 24.3 Å². The molecule has 23 heavy (non-hydrogen) atoms. The van der Waals surface area contributed by atoms with E-state index >= 15 is 0 Å². The average Bonchev–Trinajstić information content (AvgIpc) is 2.93. The van der Waals surface area contributed by atoms with Crippen molar-refractivity contribution in [3.05, 3.63) is 47.5 Å². The van der Waals surface area contributed by atoms with Gasteiger partial charge in [-0.15, -0.1) is 6.58 Å². The number of nitrogens with zero attached hydrogens (tertiary/aromatic N) is 2. The second-order valence-corrected chi connectivity index (χ2v) is 9.24. The van der Waals surface area contributed by atoms with E-state index in [0.29, 0.717) is 22.3 Å². The van der Waals surface area contributed by atoms with Gasteiger partial charge in [-0.25, -0.2) is 8.42 Å². The quantitative estimate of drug-likeness (QED) is 0.763. The van der Waals surface area contributed by atoms with Crippen molar-refractivity contribution in [1.82, 2.24) is 4.90 Å². The Hall–Kier alpha value is -1.31. The number of thioether (sulfide) groups is 1. The molecular weight excluding hydrogens is 356 g/mol. The molecule has 0 N–H and O–H groups in total. The fourth-order valence-electron chi connectivity index (χ4n) is 2.73. The molecule has 0 unspecified atom stereocenters. The zero-order valence-corrected chi connectivity index (χ0v) is 14.6. The first-order chi connectivity index (χ1) is 10.9. The number of fused-ring (bicyclic) bond motifs is 1. The van der Waals surface area contributed by atoms with Crippen molar-refractivity contribution in [2.24, 2.45) is 4.99 Å². The molecule has 1 aromatic rings. The van der Waals surface area contributed by atoms with Crippen molar-refractivity contribution < 1.29 is 13.2 Å². The van der Waals surface area contributed by atoms with Crippen LogP contribution in [0.5, 0.6) is 0 Å². The third kappa shape index (κ3) is 3.46. The minimum atomic E-state index is -3.02. The molecule has 0 aliphatic carbocycles. The van der Waals surface area contributed by atoms with Crippen LogP contribution in [0, 0.1) is 0 Å². The highest BCUT2D eigenvalue weighted by atomic mass is 35.5. The first kappa shape index (κ1) is 16.5. The van der Waals surface area contributed by atoms with E-state index in [1.165, 1.54) is 11.8 Å². The number of amides is 1. The van der Waals surface area contributed by atoms with Crippen LogP contribution in [0.4, 0.5) is 0 Å². The topological polar surface area (TPSA) is 66.8 Å². The Labute approximate surface area is 144 Å². The normalized spacial score (nSPS) is 27.2. The van der Waals surface area contributed by atoms with Gasteiger partial charge < -0.3 is 4.90 Å². The highest BCUT2D eigenvalue weighted by molar-refractivity contribution is 8.15. The van der Waals surface area contributed by atoms with Gasteiger partial charge in [0.2, 0.25) is 0 Å². The second-order valence-electron chi connectivity index (χ2n) is 5.45. The number of sulfone groups is 1. The fourth-order valence-corrected chi connectivity index (χ4v) is 6.82. The number of aliphatic imine (C=N–C) groups is 1. The minimum absolute atomic E-state index is 0.0725. The van der Waals surface area contributed by atoms with E-state index < -0.39 is 9.84 Å². The molecule has 2 aliphatic heterocycles. The largest absolute Gasteiger partial charge is 0.342 e. The zero-order valence-electron chi connectivity index (χ0n) is 12.2. The summed E-state index contributed by atoms with van der Waals surface area (Å²) in [5.41, 5.74) is 0.450. The van der Waals surface area contributed by atoms with Gasteiger partial charge >= 0.3 is 0 Å². The lowest BCUT2D eigenvalue weighted by atomic mass is 10.2. The molecule has 2 atom stereocenters. The van der Waals surface area contributed by atoms with E-state index in [2.05, 4.69) is 11.6 Å². The number of rotatable bonds is 3. The van der Waals surface area contributed by atoms with Gasteiger partial charge in [-0.2, -0.15) is 4.99 Å². The Bertz CT molecular complexity index is 774. The molecule has 0 saturated carbocycles. The zero-order chi connectivity index (χ0) is 16.6. The molecule has 2 saturated heterocycles. The first-order valence-corrected chi connectivity index (χ1v) is 10.1. The number of halogens is 1. The number of amidine groups is 1. The summed E-state index contributed by atoms with van der Waals surface area (Å²) in [6.07, 6.45) is 1.69. The number of benzene rings is 1. The first-order valence-electron chi connectivity index (χ1n) is 7.03. The van der Waals surface area contributed by atoms with Crippen molar-refractivity contribution in [3.63, 3.8) is 0 Å². The minimum Gasteiger partial charge on any atom is -0.342 e. The Kier molecular flexibility index (Phi) is 4.53. The Balaban J connectivity index is 1.85. The predicted octanol–water partition coefficient (Wildman–Crippen LogP) is 2.24. The van der Waals surface area contributed by atoms with Gasteiger partial charge in [0.15, 0.2) is 15.0 Å². The summed E-state index contributed by atoms with van der Waals surface area (Å²) < 4.78 is 23.6. The summed E-state index contributed by atoms with van der Waals surface area (Å²) in [5.74, 6) is -0.127. The van der Waals surface area contributed by atoms with Crippen LogP contribution in [0.15, 0.2) is 41.9 Å². The molecule has 0 bridgehead atoms. The van der Waals surface area contributed by atoms with Gasteiger partial charge in [-0.3, -0.25) is 4.79 Å². The number of hydrogen-bond acceptors (Lipinski definition) is 4. The molecular formula is C15H15ClN2O3S2. The van der Waals surface area contributed by atoms with Crippen LogP contribution in [0.2, 0.25) is 5.02 Å². The van der Waals surface area contributed by atoms with Crippen LogP contribution in [0.3, 0.4) is 0 Å². The van der Waals surface area contributed by atoms with E-state index in [4.69, 9.17) is 11.6 Å². The molecule has 3 rings (SSSR count). The monoisotopic (exact) mass is 370 g/mol. The van der Waals surface area contributed by atoms with Gasteiger partial charge in [0.1, 0.15) is 0 Å². The van der Waals surface area contributed by atoms with Crippen molar-refractivity contribution >= 4 is 44.3 Å². The van der Waals surface area contributed by atoms with Crippen LogP contribution in [0.25, 0.3) is 0 Å². The maximum absolute atomic E-state index is 12.3. The van der Waals surface area contributed by atoms with Gasteiger partial charge in [0.05, 0.1) is 17.5 Å². The number of carbonyl (C=O) groups is 1. The molecule has 0 spiro atoms. The molecule has 122 valence electrons. The van der Waals surface area contributed by atoms with E-state index in [-0.39, 0.29) is 28.7 Å². The third-order valence-corrected chi connectivity index (χ3v) is 7.29. The maximum Gasteiger partial charge on any atom is 0.279 e. The molecule has 2 aliphatic rings. The summed E-state index contributed by atoms with van der Waals surface area (Å²) in [5, 5.41) is 1.05. The van der Waals surface area contributed by atoms with E-state index in [9.17, 15) is 13.2 Å². The lowest BCUT2D eigenvalue weighted by molar-refractivity contribution is 0.100. The fraction of sp³-hybridized carbons (Fsp3) is 0.333. The van der Waals surface area contributed by atoms with Crippen molar-refractivity contribution in [2.75, 3.05) is 18.1 Å². The molecule has 1 amide bonds. The van der Waals surface area contributed by atoms with Gasteiger partial charge in [-0.1, -0.05) is 29.4 Å². The summed E-state index contributed by atoms with van der Waals surface area (Å²) in [4.78, 5) is 18.3. The Morgan fingerprint density at radius 1 is 1.39 bits per heavy atom. The maximum atomic E-state index is 12.3. The van der Waals surface area contributed by atoms with Crippen molar-refractivity contribution in [1.29, 1.82) is 0 Å². The third-order valence-electron chi connectivity index (χ3n) is 3.79. The van der Waals surface area contributed by atoms with Crippen molar-refractivity contribution in [3.8, 4) is 0 Å². The van der Waals surface area contributed by atoms with Crippen LogP contribution < -0.4 is 0 Å². The molecule has 5 nitrogen and oxygen atoms in total. The smallest absolute Gasteiger partial charge is 0.279 e. The highest BCUT2D eigenvalue weighted by Crippen LogP contribution is 2.38. The van der Waals surface area contributed by atoms with Crippen LogP contribution in [0.1, 0.15) is 10.4 Å². The number of hydrogen-bond donors (Lipinski definition) is 0.